The third kappa shape index (κ3) is 1.06. The summed E-state index contributed by atoms with van der Waals surface area (Å²) in [4.78, 5) is 11.2. The second-order valence-corrected chi connectivity index (χ2v) is 3.99. The summed E-state index contributed by atoms with van der Waals surface area (Å²) >= 11 is 6.60. The molecule has 2 rings (SSSR count). The summed E-state index contributed by atoms with van der Waals surface area (Å²) in [6, 6.07) is 0. The Morgan fingerprint density at radius 1 is 1.64 bits per heavy atom. The van der Waals surface area contributed by atoms with Crippen LogP contribution in [0.5, 0.6) is 0 Å². The molecule has 0 aliphatic rings. The number of imidazole rings is 1. The van der Waals surface area contributed by atoms with Crippen molar-refractivity contribution in [2.45, 2.75) is 6.92 Å². The Bertz CT molecular complexity index is 442. The van der Waals surface area contributed by atoms with E-state index in [1.165, 1.54) is 11.3 Å². The molecule has 0 unspecified atom stereocenters. The molecule has 1 N–H and O–H groups in total. The summed E-state index contributed by atoms with van der Waals surface area (Å²) < 4.78 is 0.824. The van der Waals surface area contributed by atoms with Gasteiger partial charge in [-0.05, 0) is 6.92 Å². The van der Waals surface area contributed by atoms with Crippen LogP contribution in [0.3, 0.4) is 0 Å². The molecule has 2 aromatic rings. The van der Waals surface area contributed by atoms with Crippen molar-refractivity contribution in [3.8, 4) is 0 Å². The molecule has 0 atom stereocenters. The van der Waals surface area contributed by atoms with E-state index in [0.29, 0.717) is 5.65 Å². The van der Waals surface area contributed by atoms with E-state index in [-0.39, 0.29) is 0 Å². The van der Waals surface area contributed by atoms with Crippen LogP contribution < -0.4 is 0 Å². The highest BCUT2D eigenvalue weighted by molar-refractivity contribution is 7.73. The van der Waals surface area contributed by atoms with Crippen LogP contribution in [-0.2, 0) is 0 Å². The minimum atomic E-state index is 0.714. The molecule has 56 valence electrons. The van der Waals surface area contributed by atoms with Crippen LogP contribution in [0.15, 0.2) is 6.33 Å². The Kier molecular flexibility index (Phi) is 1.47. The molecular formula is C6H5N3S2. The Hall–Kier alpha value is -0.810. The van der Waals surface area contributed by atoms with Gasteiger partial charge in [0.2, 0.25) is 0 Å². The van der Waals surface area contributed by atoms with Crippen molar-refractivity contribution >= 4 is 34.7 Å². The lowest BCUT2D eigenvalue weighted by Gasteiger charge is -1.88. The number of fused-ring (bicyclic) bond motifs is 1. The predicted octanol–water partition coefficient (Wildman–Crippen LogP) is 2.06. The van der Waals surface area contributed by atoms with Gasteiger partial charge in [-0.2, -0.15) is 0 Å². The van der Waals surface area contributed by atoms with E-state index < -0.39 is 0 Å². The molecule has 11 heavy (non-hydrogen) atoms. The molecule has 2 aromatic heterocycles. The van der Waals surface area contributed by atoms with Crippen LogP contribution in [0, 0.1) is 10.7 Å². The fourth-order valence-electron chi connectivity index (χ4n) is 0.879. The lowest BCUT2D eigenvalue weighted by molar-refractivity contribution is 1.27. The van der Waals surface area contributed by atoms with Crippen molar-refractivity contribution in [2.75, 3.05) is 0 Å². The van der Waals surface area contributed by atoms with Crippen LogP contribution in [0.25, 0.3) is 11.2 Å². The first-order valence-corrected chi connectivity index (χ1v) is 4.30. The average molecular weight is 183 g/mol. The highest BCUT2D eigenvalue weighted by atomic mass is 32.1. The van der Waals surface area contributed by atoms with Crippen molar-refractivity contribution < 1.29 is 0 Å². The van der Waals surface area contributed by atoms with Crippen LogP contribution in [0.1, 0.15) is 5.01 Å². The second-order valence-electron chi connectivity index (χ2n) is 2.12. The maximum atomic E-state index is 5.10. The van der Waals surface area contributed by atoms with Gasteiger partial charge in [0, 0.05) is 0 Å². The van der Waals surface area contributed by atoms with Gasteiger partial charge in [-0.25, -0.2) is 9.97 Å². The van der Waals surface area contributed by atoms with Gasteiger partial charge in [0.25, 0.3) is 0 Å². The number of rotatable bonds is 0. The second kappa shape index (κ2) is 2.35. The van der Waals surface area contributed by atoms with E-state index in [4.69, 9.17) is 12.2 Å². The molecule has 0 spiro atoms. The quantitative estimate of drug-likeness (QED) is 0.636. The minimum Gasteiger partial charge on any atom is -0.341 e. The van der Waals surface area contributed by atoms with E-state index in [2.05, 4.69) is 15.0 Å². The standard InChI is InChI=1S/C6H5N3S2/c1-3-9-5-4(6(10)11-3)7-2-8-5/h2H,1H3,(H,7,8). The number of nitrogens with zero attached hydrogens (tertiary/aromatic N) is 2. The van der Waals surface area contributed by atoms with Gasteiger partial charge in [0.15, 0.2) is 5.65 Å². The largest absolute Gasteiger partial charge is 0.341 e. The van der Waals surface area contributed by atoms with E-state index in [1.807, 2.05) is 6.92 Å². The molecule has 3 nitrogen and oxygen atoms in total. The van der Waals surface area contributed by atoms with E-state index in [0.717, 1.165) is 14.3 Å². The molecular weight excluding hydrogens is 178 g/mol. The highest BCUT2D eigenvalue weighted by Gasteiger charge is 1.99. The minimum absolute atomic E-state index is 0.714. The van der Waals surface area contributed by atoms with Crippen LogP contribution >= 0.6 is 23.6 Å². The third-order valence-electron chi connectivity index (χ3n) is 1.33. The average Bonchev–Trinajstić information content (AvgIpc) is 2.34. The van der Waals surface area contributed by atoms with Crippen molar-refractivity contribution in [2.24, 2.45) is 0 Å². The number of nitrogens with one attached hydrogen (secondary N) is 1. The summed E-state index contributed by atoms with van der Waals surface area (Å²) in [5, 5.41) is 0.953. The zero-order valence-corrected chi connectivity index (χ0v) is 7.42. The van der Waals surface area contributed by atoms with E-state index >= 15 is 0 Å². The molecule has 0 bridgehead atoms. The predicted molar refractivity (Wildman–Crippen MR) is 47.3 cm³/mol. The topological polar surface area (TPSA) is 41.6 Å². The first-order valence-electron chi connectivity index (χ1n) is 3.08. The Morgan fingerprint density at radius 3 is 3.27 bits per heavy atom. The SMILES string of the molecule is Cc1nc2nc[nH]c2c(=S)s1. The Balaban J connectivity index is 3.02. The zero-order chi connectivity index (χ0) is 7.84. The number of H-pyrrole nitrogens is 1. The lowest BCUT2D eigenvalue weighted by Crippen LogP contribution is -1.78. The number of aromatic amines is 1. The number of aryl methyl sites for hydroxylation is 1. The summed E-state index contributed by atoms with van der Waals surface area (Å²) in [5.74, 6) is 0. The molecule has 0 aromatic carbocycles. The van der Waals surface area contributed by atoms with Crippen molar-refractivity contribution in [1.29, 1.82) is 0 Å². The number of hydrogen-bond acceptors (Lipinski definition) is 4. The maximum Gasteiger partial charge on any atom is 0.180 e. The van der Waals surface area contributed by atoms with Gasteiger partial charge in [-0.3, -0.25) is 0 Å². The maximum absolute atomic E-state index is 5.10. The highest BCUT2D eigenvalue weighted by Crippen LogP contribution is 2.14. The number of aromatic nitrogens is 3. The van der Waals surface area contributed by atoms with Gasteiger partial charge in [-0.15, -0.1) is 11.3 Å². The monoisotopic (exact) mass is 183 g/mol. The molecule has 5 heteroatoms. The summed E-state index contributed by atoms with van der Waals surface area (Å²) in [6.07, 6.45) is 1.61. The molecule has 0 aliphatic heterocycles. The Labute approximate surface area is 72.1 Å². The molecule has 0 fully saturated rings. The van der Waals surface area contributed by atoms with Gasteiger partial charge < -0.3 is 4.98 Å². The van der Waals surface area contributed by atoms with E-state index in [9.17, 15) is 0 Å². The molecule has 2 heterocycles. The van der Waals surface area contributed by atoms with Gasteiger partial charge in [-0.1, -0.05) is 12.2 Å². The van der Waals surface area contributed by atoms with Crippen molar-refractivity contribution in [1.82, 2.24) is 15.0 Å². The lowest BCUT2D eigenvalue weighted by atomic mass is 10.6. The van der Waals surface area contributed by atoms with Gasteiger partial charge >= 0.3 is 0 Å². The fraction of sp³-hybridized carbons (Fsp3) is 0.167. The normalized spacial score (nSPS) is 10.6. The van der Waals surface area contributed by atoms with Crippen LogP contribution in [-0.4, -0.2) is 15.0 Å². The molecule has 0 aliphatic carbocycles. The summed E-state index contributed by atoms with van der Waals surface area (Å²) in [5.41, 5.74) is 1.59. The summed E-state index contributed by atoms with van der Waals surface area (Å²) in [7, 11) is 0. The fourth-order valence-corrected chi connectivity index (χ4v) is 2.04. The van der Waals surface area contributed by atoms with Crippen LogP contribution in [0.4, 0.5) is 0 Å². The number of hydrogen-bond donors (Lipinski definition) is 1. The molecule has 0 radical (unpaired) electrons. The third-order valence-corrected chi connectivity index (χ3v) is 2.56. The molecule has 0 saturated heterocycles. The molecule has 0 saturated carbocycles. The molecule has 0 amide bonds. The van der Waals surface area contributed by atoms with Crippen molar-refractivity contribution in [3.63, 3.8) is 0 Å². The van der Waals surface area contributed by atoms with E-state index in [1.54, 1.807) is 6.33 Å². The van der Waals surface area contributed by atoms with Crippen LogP contribution in [0.2, 0.25) is 0 Å². The van der Waals surface area contributed by atoms with Gasteiger partial charge in [0.1, 0.15) is 9.34 Å². The first-order chi connectivity index (χ1) is 5.27. The zero-order valence-electron chi connectivity index (χ0n) is 5.79. The van der Waals surface area contributed by atoms with Gasteiger partial charge in [0.05, 0.1) is 11.3 Å². The first kappa shape index (κ1) is 6.87. The Morgan fingerprint density at radius 2 is 2.45 bits per heavy atom. The van der Waals surface area contributed by atoms with Crippen molar-refractivity contribution in [3.05, 3.63) is 15.2 Å². The smallest absolute Gasteiger partial charge is 0.180 e. The summed E-state index contributed by atoms with van der Waals surface area (Å²) in [6.45, 7) is 1.93.